The summed E-state index contributed by atoms with van der Waals surface area (Å²) in [6.07, 6.45) is 8.34. The van der Waals surface area contributed by atoms with E-state index < -0.39 is 16.2 Å². The van der Waals surface area contributed by atoms with Gasteiger partial charge in [0.15, 0.2) is 0 Å². The van der Waals surface area contributed by atoms with Gasteiger partial charge in [-0.3, -0.25) is 4.68 Å². The first-order valence-electron chi connectivity index (χ1n) is 11.2. The summed E-state index contributed by atoms with van der Waals surface area (Å²) >= 11 is 0. The molecule has 1 aromatic heterocycles. The van der Waals surface area contributed by atoms with E-state index in [-0.39, 0.29) is 41.5 Å². The molecule has 10 nitrogen and oxygen atoms in total. The Kier molecular flexibility index (Phi) is 7.35. The van der Waals surface area contributed by atoms with E-state index in [0.29, 0.717) is 26.1 Å². The fourth-order valence-electron chi connectivity index (χ4n) is 5.09. The number of hydrogen-bond donors (Lipinski definition) is 2. The SMILES string of the molecule is Cn1cnc(N(C2CCOCC2)S(=O)(=O)NC(=O)Nc2c3c(cc4c2CCC4)CCC3)n1.[NaH]. The van der Waals surface area contributed by atoms with Gasteiger partial charge in [0.2, 0.25) is 0 Å². The number of nitrogens with one attached hydrogen (secondary N) is 2. The van der Waals surface area contributed by atoms with E-state index in [1.807, 2.05) is 0 Å². The van der Waals surface area contributed by atoms with Crippen molar-refractivity contribution in [1.82, 2.24) is 19.5 Å². The van der Waals surface area contributed by atoms with Gasteiger partial charge in [0.25, 0.3) is 5.95 Å². The van der Waals surface area contributed by atoms with Crippen molar-refractivity contribution < 1.29 is 17.9 Å². The predicted octanol–water partition coefficient (Wildman–Crippen LogP) is 1.20. The number of anilines is 2. The number of amides is 2. The van der Waals surface area contributed by atoms with Crippen molar-refractivity contribution in [3.05, 3.63) is 34.6 Å². The summed E-state index contributed by atoms with van der Waals surface area (Å²) in [5.74, 6) is 0.0428. The number of aromatic nitrogens is 3. The summed E-state index contributed by atoms with van der Waals surface area (Å²) < 4.78 is 36.8. The maximum absolute atomic E-state index is 13.3. The number of urea groups is 1. The van der Waals surface area contributed by atoms with Crippen LogP contribution < -0.4 is 14.3 Å². The molecule has 0 atom stereocenters. The fourth-order valence-corrected chi connectivity index (χ4v) is 6.37. The maximum atomic E-state index is 13.3. The molecule has 2 aromatic rings. The number of carbonyl (C=O) groups is 1. The molecular formula is C21H29N6NaO4S. The van der Waals surface area contributed by atoms with E-state index in [1.165, 1.54) is 22.1 Å². The molecule has 12 heteroatoms. The molecule has 33 heavy (non-hydrogen) atoms. The molecule has 1 aromatic carbocycles. The fraction of sp³-hybridized carbons (Fsp3) is 0.571. The second-order valence-electron chi connectivity index (χ2n) is 8.65. The number of carbonyl (C=O) groups excluding carboxylic acids is 1. The van der Waals surface area contributed by atoms with Crippen LogP contribution in [0.1, 0.15) is 47.9 Å². The molecule has 1 aliphatic heterocycles. The quantitative estimate of drug-likeness (QED) is 0.616. The van der Waals surface area contributed by atoms with Gasteiger partial charge in [-0.15, -0.1) is 5.10 Å². The summed E-state index contributed by atoms with van der Waals surface area (Å²) in [5, 5.41) is 7.06. The zero-order valence-corrected chi connectivity index (χ0v) is 18.9. The number of aryl methyl sites for hydroxylation is 3. The number of benzene rings is 1. The van der Waals surface area contributed by atoms with Crippen LogP contribution in [0.2, 0.25) is 0 Å². The number of rotatable bonds is 5. The minimum absolute atomic E-state index is 0. The predicted molar refractivity (Wildman–Crippen MR) is 126 cm³/mol. The Bertz CT molecular complexity index is 1110. The zero-order chi connectivity index (χ0) is 22.3. The topological polar surface area (TPSA) is 118 Å². The molecule has 0 radical (unpaired) electrons. The first-order chi connectivity index (χ1) is 15.4. The Labute approximate surface area is 215 Å². The zero-order valence-electron chi connectivity index (χ0n) is 18.1. The molecular weight excluding hydrogens is 455 g/mol. The first-order valence-corrected chi connectivity index (χ1v) is 12.6. The minimum atomic E-state index is -4.23. The number of ether oxygens (including phenoxy) is 1. The first kappa shape index (κ1) is 24.5. The molecule has 3 aliphatic rings. The van der Waals surface area contributed by atoms with Crippen LogP contribution in [0.15, 0.2) is 12.4 Å². The Morgan fingerprint density at radius 3 is 2.33 bits per heavy atom. The van der Waals surface area contributed by atoms with E-state index >= 15 is 0 Å². The van der Waals surface area contributed by atoms with Gasteiger partial charge in [-0.2, -0.15) is 13.4 Å². The molecule has 2 heterocycles. The average molecular weight is 485 g/mol. The molecule has 2 N–H and O–H groups in total. The van der Waals surface area contributed by atoms with Crippen molar-refractivity contribution in [2.24, 2.45) is 7.05 Å². The summed E-state index contributed by atoms with van der Waals surface area (Å²) in [6, 6.07) is 1.12. The molecule has 0 saturated carbocycles. The van der Waals surface area contributed by atoms with Crippen LogP contribution in [0.25, 0.3) is 0 Å². The standard InChI is InChI=1S/C21H28N6O4S.Na.H/c1-26-13-22-20(24-26)27(16-8-10-31-11-9-16)32(29,30)25-21(28)23-19-17-6-2-4-14(17)12-15-5-3-7-18(15)19;;/h12-13,16H,2-11H2,1H3,(H2,23,25,28);;. The van der Waals surface area contributed by atoms with Crippen LogP contribution in [0.5, 0.6) is 0 Å². The Hall–Kier alpha value is -1.66. The van der Waals surface area contributed by atoms with Gasteiger partial charge in [0, 0.05) is 25.9 Å². The third-order valence-electron chi connectivity index (χ3n) is 6.50. The number of nitrogens with zero attached hydrogens (tertiary/aromatic N) is 4. The summed E-state index contributed by atoms with van der Waals surface area (Å²) in [7, 11) is -2.56. The van der Waals surface area contributed by atoms with Gasteiger partial charge < -0.3 is 10.1 Å². The van der Waals surface area contributed by atoms with E-state index in [2.05, 4.69) is 26.2 Å². The molecule has 1 fully saturated rings. The molecule has 0 spiro atoms. The number of hydrogen-bond acceptors (Lipinski definition) is 6. The van der Waals surface area contributed by atoms with Crippen molar-refractivity contribution in [2.45, 2.75) is 57.4 Å². The second kappa shape index (κ2) is 9.91. The van der Waals surface area contributed by atoms with Crippen LogP contribution in [-0.2, 0) is 47.7 Å². The monoisotopic (exact) mass is 484 g/mol. The van der Waals surface area contributed by atoms with Gasteiger partial charge in [-0.25, -0.2) is 13.8 Å². The molecule has 0 bridgehead atoms. The third kappa shape index (κ3) is 4.93. The van der Waals surface area contributed by atoms with Gasteiger partial charge >= 0.3 is 45.8 Å². The van der Waals surface area contributed by atoms with Crippen molar-refractivity contribution in [3.8, 4) is 0 Å². The normalized spacial score (nSPS) is 17.7. The summed E-state index contributed by atoms with van der Waals surface area (Å²) in [4.78, 5) is 17.1. The van der Waals surface area contributed by atoms with Crippen molar-refractivity contribution in [2.75, 3.05) is 22.8 Å². The van der Waals surface area contributed by atoms with Gasteiger partial charge in [-0.05, 0) is 73.6 Å². The molecule has 174 valence electrons. The second-order valence-corrected chi connectivity index (χ2v) is 10.2. The van der Waals surface area contributed by atoms with Gasteiger partial charge in [0.1, 0.15) is 6.33 Å². The van der Waals surface area contributed by atoms with Crippen molar-refractivity contribution in [1.29, 1.82) is 0 Å². The molecule has 2 amide bonds. The Morgan fingerprint density at radius 1 is 1.12 bits per heavy atom. The Morgan fingerprint density at radius 2 is 1.76 bits per heavy atom. The molecule has 2 aliphatic carbocycles. The van der Waals surface area contributed by atoms with Gasteiger partial charge in [-0.1, -0.05) is 6.07 Å². The van der Waals surface area contributed by atoms with Crippen LogP contribution in [0.4, 0.5) is 16.4 Å². The summed E-state index contributed by atoms with van der Waals surface area (Å²) in [5.41, 5.74) is 5.63. The summed E-state index contributed by atoms with van der Waals surface area (Å²) in [6.45, 7) is 0.885. The average Bonchev–Trinajstić information content (AvgIpc) is 3.49. The number of fused-ring (bicyclic) bond motifs is 2. The third-order valence-corrected chi connectivity index (χ3v) is 7.92. The molecule has 1 saturated heterocycles. The van der Waals surface area contributed by atoms with Crippen LogP contribution in [0, 0.1) is 0 Å². The Balaban J connectivity index is 0.00000259. The van der Waals surface area contributed by atoms with E-state index in [9.17, 15) is 13.2 Å². The molecule has 5 rings (SSSR count). The van der Waals surface area contributed by atoms with Crippen LogP contribution in [-0.4, -0.2) is 78.0 Å². The van der Waals surface area contributed by atoms with Crippen LogP contribution in [0.3, 0.4) is 0 Å². The van der Waals surface area contributed by atoms with Gasteiger partial charge in [0.05, 0.1) is 6.04 Å². The van der Waals surface area contributed by atoms with E-state index in [4.69, 9.17) is 4.74 Å². The molecule has 0 unspecified atom stereocenters. The van der Waals surface area contributed by atoms with Crippen molar-refractivity contribution >= 4 is 57.4 Å². The van der Waals surface area contributed by atoms with E-state index in [0.717, 1.165) is 59.6 Å². The van der Waals surface area contributed by atoms with E-state index in [1.54, 1.807) is 7.05 Å². The van der Waals surface area contributed by atoms with Crippen LogP contribution >= 0.6 is 0 Å². The van der Waals surface area contributed by atoms with Crippen molar-refractivity contribution in [3.63, 3.8) is 0 Å².